The molecule has 0 aliphatic carbocycles. The van der Waals surface area contributed by atoms with Gasteiger partial charge in [-0.05, 0) is 0 Å². The third-order valence-corrected chi connectivity index (χ3v) is 2.04. The molecular formula is C8H6O3S. The standard InChI is InChI=1S/C8H6O3S/c9-6-8(12(10)11)7-4-2-1-3-5-7/h1-6H. The van der Waals surface area contributed by atoms with E-state index in [4.69, 9.17) is 0 Å². The summed E-state index contributed by atoms with van der Waals surface area (Å²) in [6.45, 7) is 0. The first-order valence-electron chi connectivity index (χ1n) is 3.22. The van der Waals surface area contributed by atoms with Crippen molar-refractivity contribution in [3.05, 3.63) is 35.9 Å². The molecule has 0 spiro atoms. The van der Waals surface area contributed by atoms with E-state index in [2.05, 4.69) is 0 Å². The van der Waals surface area contributed by atoms with Crippen molar-refractivity contribution in [3.8, 4) is 0 Å². The first-order valence-corrected chi connectivity index (χ1v) is 4.30. The average Bonchev–Trinajstić information content (AvgIpc) is 2.07. The van der Waals surface area contributed by atoms with Gasteiger partial charge in [0.25, 0.3) is 0 Å². The molecular weight excluding hydrogens is 176 g/mol. The fraction of sp³-hybridized carbons (Fsp3) is 0. The number of rotatable bonds is 2. The highest BCUT2D eigenvalue weighted by atomic mass is 32.2. The van der Waals surface area contributed by atoms with Crippen LogP contribution in [0.3, 0.4) is 0 Å². The van der Waals surface area contributed by atoms with Crippen LogP contribution in [-0.4, -0.2) is 19.6 Å². The van der Waals surface area contributed by atoms with Gasteiger partial charge in [0.1, 0.15) is 4.86 Å². The van der Waals surface area contributed by atoms with Crippen molar-refractivity contribution >= 4 is 21.4 Å². The summed E-state index contributed by atoms with van der Waals surface area (Å²) in [6.07, 6.45) is 0.332. The summed E-state index contributed by atoms with van der Waals surface area (Å²) in [5.41, 5.74) is 0.417. The highest BCUT2D eigenvalue weighted by Gasteiger charge is 2.01. The van der Waals surface area contributed by atoms with Crippen molar-refractivity contribution in [2.24, 2.45) is 0 Å². The van der Waals surface area contributed by atoms with E-state index in [0.29, 0.717) is 11.8 Å². The number of hydrogen-bond acceptors (Lipinski definition) is 3. The van der Waals surface area contributed by atoms with Gasteiger partial charge in [-0.1, -0.05) is 30.3 Å². The highest BCUT2D eigenvalue weighted by Crippen LogP contribution is 1.97. The second kappa shape index (κ2) is 3.82. The average molecular weight is 182 g/mol. The van der Waals surface area contributed by atoms with Crippen LogP contribution in [0.4, 0.5) is 0 Å². The van der Waals surface area contributed by atoms with E-state index in [0.717, 1.165) is 0 Å². The van der Waals surface area contributed by atoms with Crippen molar-refractivity contribution in [2.75, 3.05) is 0 Å². The molecule has 4 heteroatoms. The predicted octanol–water partition coefficient (Wildman–Crippen LogP) is 0.285. The maximum Gasteiger partial charge on any atom is 0.225 e. The van der Waals surface area contributed by atoms with Gasteiger partial charge in [0, 0.05) is 5.56 Å². The van der Waals surface area contributed by atoms with Crippen molar-refractivity contribution in [1.29, 1.82) is 0 Å². The molecule has 0 atom stereocenters. The molecule has 12 heavy (non-hydrogen) atoms. The molecule has 0 aliphatic heterocycles. The van der Waals surface area contributed by atoms with Crippen LogP contribution in [0.1, 0.15) is 5.56 Å². The van der Waals surface area contributed by atoms with E-state index in [9.17, 15) is 13.2 Å². The molecule has 0 unspecified atom stereocenters. The fourth-order valence-electron chi connectivity index (χ4n) is 0.806. The molecule has 1 aromatic carbocycles. The SMILES string of the molecule is O=CC(c1ccccc1)=S(=O)=O. The minimum absolute atomic E-state index is 0.212. The van der Waals surface area contributed by atoms with Crippen LogP contribution >= 0.6 is 0 Å². The summed E-state index contributed by atoms with van der Waals surface area (Å²) in [6, 6.07) is 8.23. The van der Waals surface area contributed by atoms with Crippen molar-refractivity contribution in [2.45, 2.75) is 0 Å². The van der Waals surface area contributed by atoms with Crippen molar-refractivity contribution in [1.82, 2.24) is 0 Å². The molecule has 0 saturated heterocycles. The van der Waals surface area contributed by atoms with E-state index in [1.165, 1.54) is 0 Å². The molecule has 0 aromatic heterocycles. The van der Waals surface area contributed by atoms with E-state index in [-0.39, 0.29) is 4.86 Å². The van der Waals surface area contributed by atoms with Gasteiger partial charge >= 0.3 is 0 Å². The lowest BCUT2D eigenvalue weighted by Crippen LogP contribution is -2.02. The van der Waals surface area contributed by atoms with Crippen molar-refractivity contribution in [3.63, 3.8) is 0 Å². The number of carbonyl (C=O) groups excluding carboxylic acids is 1. The molecule has 1 rings (SSSR count). The van der Waals surface area contributed by atoms with E-state index in [1.54, 1.807) is 30.3 Å². The van der Waals surface area contributed by atoms with Crippen LogP contribution in [0.5, 0.6) is 0 Å². The van der Waals surface area contributed by atoms with Gasteiger partial charge < -0.3 is 0 Å². The molecule has 0 radical (unpaired) electrons. The molecule has 0 saturated carbocycles. The van der Waals surface area contributed by atoms with Gasteiger partial charge in [0.2, 0.25) is 10.3 Å². The molecule has 0 heterocycles. The van der Waals surface area contributed by atoms with Gasteiger partial charge in [0.15, 0.2) is 6.29 Å². The lowest BCUT2D eigenvalue weighted by atomic mass is 10.2. The van der Waals surface area contributed by atoms with Crippen LogP contribution in [0, 0.1) is 0 Å². The second-order valence-electron chi connectivity index (χ2n) is 2.08. The number of hydrogen-bond donors (Lipinski definition) is 0. The quantitative estimate of drug-likeness (QED) is 0.375. The highest BCUT2D eigenvalue weighted by molar-refractivity contribution is 7.75. The maximum absolute atomic E-state index is 10.5. The van der Waals surface area contributed by atoms with Gasteiger partial charge in [-0.25, -0.2) is 0 Å². The molecule has 1 aromatic rings. The molecule has 3 nitrogen and oxygen atoms in total. The predicted molar refractivity (Wildman–Crippen MR) is 45.5 cm³/mol. The Morgan fingerprint density at radius 3 is 2.17 bits per heavy atom. The van der Waals surface area contributed by atoms with Crippen LogP contribution in [0.15, 0.2) is 30.3 Å². The minimum Gasteiger partial charge on any atom is -0.297 e. The third kappa shape index (κ3) is 1.79. The van der Waals surface area contributed by atoms with Crippen LogP contribution in [0.25, 0.3) is 0 Å². The Hall–Kier alpha value is -1.42. The second-order valence-corrected chi connectivity index (χ2v) is 2.99. The van der Waals surface area contributed by atoms with Crippen LogP contribution in [-0.2, 0) is 15.1 Å². The molecule has 0 amide bonds. The number of benzene rings is 1. The summed E-state index contributed by atoms with van der Waals surface area (Å²) in [4.78, 5) is 10.1. The number of aldehydes is 1. The molecule has 0 aliphatic rings. The first-order chi connectivity index (χ1) is 5.75. The van der Waals surface area contributed by atoms with Gasteiger partial charge in [0.05, 0.1) is 0 Å². The van der Waals surface area contributed by atoms with Crippen molar-refractivity contribution < 1.29 is 13.2 Å². The largest absolute Gasteiger partial charge is 0.297 e. The fourth-order valence-corrected chi connectivity index (χ4v) is 1.21. The molecule has 62 valence electrons. The monoisotopic (exact) mass is 182 g/mol. The van der Waals surface area contributed by atoms with Gasteiger partial charge in [-0.3, -0.25) is 4.79 Å². The molecule has 0 N–H and O–H groups in total. The zero-order valence-electron chi connectivity index (χ0n) is 6.10. The Balaban J connectivity index is 3.33. The lowest BCUT2D eigenvalue weighted by molar-refractivity contribution is -0.102. The normalized spacial score (nSPS) is 9.00. The summed E-state index contributed by atoms with van der Waals surface area (Å²) in [7, 11) is -2.46. The lowest BCUT2D eigenvalue weighted by Gasteiger charge is -1.91. The number of carbonyl (C=O) groups is 1. The Morgan fingerprint density at radius 1 is 1.17 bits per heavy atom. The minimum atomic E-state index is -2.46. The van der Waals surface area contributed by atoms with Gasteiger partial charge in [-0.2, -0.15) is 8.42 Å². The summed E-state index contributed by atoms with van der Waals surface area (Å²) >= 11 is 0. The first kappa shape index (κ1) is 8.67. The Kier molecular flexibility index (Phi) is 2.76. The van der Waals surface area contributed by atoms with Gasteiger partial charge in [-0.15, -0.1) is 0 Å². The zero-order valence-corrected chi connectivity index (χ0v) is 6.91. The Morgan fingerprint density at radius 2 is 1.75 bits per heavy atom. The molecule has 0 bridgehead atoms. The van der Waals surface area contributed by atoms with E-state index >= 15 is 0 Å². The summed E-state index contributed by atoms with van der Waals surface area (Å²) in [5.74, 6) is 0. The topological polar surface area (TPSA) is 51.2 Å². The Bertz CT molecular complexity index is 395. The third-order valence-electron chi connectivity index (χ3n) is 1.34. The van der Waals surface area contributed by atoms with E-state index < -0.39 is 10.3 Å². The molecule has 0 fully saturated rings. The van der Waals surface area contributed by atoms with E-state index in [1.807, 2.05) is 0 Å². The smallest absolute Gasteiger partial charge is 0.225 e. The Labute approximate surface area is 71.2 Å². The summed E-state index contributed by atoms with van der Waals surface area (Å²) < 4.78 is 20.9. The van der Waals surface area contributed by atoms with Crippen LogP contribution < -0.4 is 0 Å². The zero-order chi connectivity index (χ0) is 8.97. The van der Waals surface area contributed by atoms with Crippen LogP contribution in [0.2, 0.25) is 0 Å². The maximum atomic E-state index is 10.5. The summed E-state index contributed by atoms with van der Waals surface area (Å²) in [5, 5.41) is 0.